The highest BCUT2D eigenvalue weighted by atomic mass is 16.5. The van der Waals surface area contributed by atoms with Crippen molar-refractivity contribution in [2.24, 2.45) is 5.92 Å². The lowest BCUT2D eigenvalue weighted by Gasteiger charge is -2.25. The number of aryl methyl sites for hydroxylation is 1. The fourth-order valence-corrected chi connectivity index (χ4v) is 4.68. The summed E-state index contributed by atoms with van der Waals surface area (Å²) in [5.41, 5.74) is 3.62. The smallest absolute Gasteiger partial charge is 0.341 e. The Balaban J connectivity index is 1.61. The van der Waals surface area contributed by atoms with Crippen molar-refractivity contribution in [1.82, 2.24) is 14.5 Å². The number of anilines is 2. The summed E-state index contributed by atoms with van der Waals surface area (Å²) in [5.74, 6) is 1.03. The molecular weight excluding hydrogens is 448 g/mol. The van der Waals surface area contributed by atoms with Gasteiger partial charge >= 0.3 is 5.97 Å². The summed E-state index contributed by atoms with van der Waals surface area (Å²) in [4.78, 5) is 34.6. The standard InChI is InChI=1S/C26H30N4O5/c1-15-27-23-20(29-19-8-6-7-18(24(19)33-2)26(32)34-3)13-17(14-21(31)16-10-11-16)28-25(23)30(15)22-9-4-5-12-35-22/h6-8,13,16,22H,4-5,9-12,14H2,1-3H3,(H,28,29). The molecule has 1 saturated carbocycles. The lowest BCUT2D eigenvalue weighted by Crippen LogP contribution is -2.19. The average molecular weight is 479 g/mol. The molecule has 0 radical (unpaired) electrons. The first-order valence-corrected chi connectivity index (χ1v) is 12.0. The number of nitrogens with zero attached hydrogens (tertiary/aromatic N) is 3. The number of ketones is 1. The Hall–Kier alpha value is -3.46. The van der Waals surface area contributed by atoms with Crippen LogP contribution >= 0.6 is 0 Å². The lowest BCUT2D eigenvalue weighted by molar-refractivity contribution is -0.119. The second kappa shape index (κ2) is 9.65. The van der Waals surface area contributed by atoms with E-state index in [4.69, 9.17) is 24.2 Å². The molecule has 2 aliphatic rings. The maximum absolute atomic E-state index is 12.6. The molecule has 1 unspecified atom stereocenters. The molecule has 0 spiro atoms. The molecule has 35 heavy (non-hydrogen) atoms. The minimum atomic E-state index is -0.490. The van der Waals surface area contributed by atoms with E-state index in [9.17, 15) is 9.59 Å². The molecule has 1 atom stereocenters. The van der Waals surface area contributed by atoms with Gasteiger partial charge in [0.25, 0.3) is 0 Å². The molecule has 3 aromatic rings. The van der Waals surface area contributed by atoms with Crippen LogP contribution in [0, 0.1) is 12.8 Å². The minimum absolute atomic E-state index is 0.138. The quantitative estimate of drug-likeness (QED) is 0.472. The van der Waals surface area contributed by atoms with Gasteiger partial charge < -0.3 is 19.5 Å². The number of carbonyl (C=O) groups is 2. The highest BCUT2D eigenvalue weighted by Gasteiger charge is 2.30. The third-order valence-corrected chi connectivity index (χ3v) is 6.60. The molecule has 1 N–H and O–H groups in total. The largest absolute Gasteiger partial charge is 0.494 e. The maximum Gasteiger partial charge on any atom is 0.341 e. The van der Waals surface area contributed by atoms with Crippen molar-refractivity contribution in [1.29, 1.82) is 0 Å². The van der Waals surface area contributed by atoms with Gasteiger partial charge in [-0.15, -0.1) is 0 Å². The molecule has 5 rings (SSSR count). The van der Waals surface area contributed by atoms with E-state index >= 15 is 0 Å². The van der Waals surface area contributed by atoms with Crippen molar-refractivity contribution in [3.05, 3.63) is 41.3 Å². The molecule has 3 heterocycles. The average Bonchev–Trinajstić information content (AvgIpc) is 3.67. The van der Waals surface area contributed by atoms with Crippen LogP contribution in [0.2, 0.25) is 0 Å². The maximum atomic E-state index is 12.6. The number of Topliss-reactive ketones (excluding diaryl/α,β-unsaturated/α-hetero) is 1. The Morgan fingerprint density at radius 1 is 1.14 bits per heavy atom. The Bertz CT molecular complexity index is 1270. The Kier molecular flexibility index (Phi) is 6.42. The van der Waals surface area contributed by atoms with Crippen molar-refractivity contribution in [3.63, 3.8) is 0 Å². The first-order valence-electron chi connectivity index (χ1n) is 12.0. The fourth-order valence-electron chi connectivity index (χ4n) is 4.68. The number of fused-ring (bicyclic) bond motifs is 1. The van der Waals surface area contributed by atoms with E-state index in [1.807, 2.05) is 23.6 Å². The van der Waals surface area contributed by atoms with Crippen LogP contribution in [0.15, 0.2) is 24.3 Å². The number of benzene rings is 1. The molecule has 1 aliphatic carbocycles. The number of esters is 1. The van der Waals surface area contributed by atoms with Gasteiger partial charge in [-0.2, -0.15) is 0 Å². The summed E-state index contributed by atoms with van der Waals surface area (Å²) < 4.78 is 18.6. The second-order valence-electron chi connectivity index (χ2n) is 9.10. The van der Waals surface area contributed by atoms with Crippen LogP contribution in [0.4, 0.5) is 11.4 Å². The molecule has 2 fully saturated rings. The van der Waals surface area contributed by atoms with Crippen molar-refractivity contribution in [3.8, 4) is 5.75 Å². The number of methoxy groups -OCH3 is 2. The number of hydrogen-bond acceptors (Lipinski definition) is 8. The number of rotatable bonds is 8. The summed E-state index contributed by atoms with van der Waals surface area (Å²) in [7, 11) is 2.84. The number of nitrogens with one attached hydrogen (secondary N) is 1. The van der Waals surface area contributed by atoms with Crippen LogP contribution < -0.4 is 10.1 Å². The number of pyridine rings is 1. The number of imidazole rings is 1. The van der Waals surface area contributed by atoms with E-state index in [2.05, 4.69) is 5.32 Å². The van der Waals surface area contributed by atoms with Crippen LogP contribution in [0.5, 0.6) is 5.75 Å². The highest BCUT2D eigenvalue weighted by Crippen LogP contribution is 2.37. The van der Waals surface area contributed by atoms with Crippen LogP contribution in [0.25, 0.3) is 11.2 Å². The SMILES string of the molecule is COC(=O)c1cccc(Nc2cc(CC(=O)C3CC3)nc3c2nc(C)n3C2CCCCO2)c1OC. The predicted molar refractivity (Wildman–Crippen MR) is 130 cm³/mol. The molecule has 184 valence electrons. The predicted octanol–water partition coefficient (Wildman–Crippen LogP) is 4.50. The van der Waals surface area contributed by atoms with Gasteiger partial charge in [0.15, 0.2) is 11.4 Å². The number of carbonyl (C=O) groups excluding carboxylic acids is 2. The van der Waals surface area contributed by atoms with Gasteiger partial charge in [-0.1, -0.05) is 6.07 Å². The molecule has 9 nitrogen and oxygen atoms in total. The fraction of sp³-hybridized carbons (Fsp3) is 0.462. The molecule has 1 saturated heterocycles. The van der Waals surface area contributed by atoms with Gasteiger partial charge in [-0.25, -0.2) is 14.8 Å². The van der Waals surface area contributed by atoms with E-state index < -0.39 is 5.97 Å². The van der Waals surface area contributed by atoms with Crippen molar-refractivity contribution >= 4 is 34.3 Å². The van der Waals surface area contributed by atoms with E-state index in [1.54, 1.807) is 12.1 Å². The summed E-state index contributed by atoms with van der Waals surface area (Å²) in [6, 6.07) is 7.09. The monoisotopic (exact) mass is 478 g/mol. The minimum Gasteiger partial charge on any atom is -0.494 e. The number of ether oxygens (including phenoxy) is 3. The second-order valence-corrected chi connectivity index (χ2v) is 9.10. The van der Waals surface area contributed by atoms with Crippen molar-refractivity contribution < 1.29 is 23.8 Å². The van der Waals surface area contributed by atoms with Gasteiger partial charge in [-0.05, 0) is 57.2 Å². The van der Waals surface area contributed by atoms with E-state index in [-0.39, 0.29) is 24.3 Å². The highest BCUT2D eigenvalue weighted by molar-refractivity contribution is 5.97. The third-order valence-electron chi connectivity index (χ3n) is 6.60. The zero-order valence-electron chi connectivity index (χ0n) is 20.3. The molecule has 0 amide bonds. The summed E-state index contributed by atoms with van der Waals surface area (Å²) in [6.07, 6.45) is 5.04. The van der Waals surface area contributed by atoms with Gasteiger partial charge in [0, 0.05) is 18.9 Å². The van der Waals surface area contributed by atoms with Gasteiger partial charge in [0.1, 0.15) is 28.9 Å². The van der Waals surface area contributed by atoms with Gasteiger partial charge in [-0.3, -0.25) is 9.36 Å². The number of para-hydroxylation sites is 1. The number of aromatic nitrogens is 3. The molecular formula is C26H30N4O5. The molecule has 1 aliphatic heterocycles. The summed E-state index contributed by atoms with van der Waals surface area (Å²) >= 11 is 0. The molecule has 1 aromatic carbocycles. The zero-order chi connectivity index (χ0) is 24.5. The Morgan fingerprint density at radius 2 is 1.97 bits per heavy atom. The number of hydrogen-bond donors (Lipinski definition) is 1. The van der Waals surface area contributed by atoms with Crippen LogP contribution in [0.1, 0.15) is 60.2 Å². The topological polar surface area (TPSA) is 105 Å². The van der Waals surface area contributed by atoms with Crippen molar-refractivity contribution in [2.75, 3.05) is 26.1 Å². The van der Waals surface area contributed by atoms with Crippen LogP contribution in [-0.2, 0) is 20.7 Å². The Morgan fingerprint density at radius 3 is 2.66 bits per heavy atom. The zero-order valence-corrected chi connectivity index (χ0v) is 20.3. The van der Waals surface area contributed by atoms with Crippen LogP contribution in [0.3, 0.4) is 0 Å². The lowest BCUT2D eigenvalue weighted by atomic mass is 10.1. The molecule has 9 heteroatoms. The van der Waals surface area contributed by atoms with E-state index in [1.165, 1.54) is 14.2 Å². The Labute approximate surface area is 203 Å². The van der Waals surface area contributed by atoms with Crippen molar-refractivity contribution in [2.45, 2.75) is 51.7 Å². The van der Waals surface area contributed by atoms with Gasteiger partial charge in [0.2, 0.25) is 0 Å². The van der Waals surface area contributed by atoms with E-state index in [0.29, 0.717) is 46.2 Å². The molecule has 2 aromatic heterocycles. The van der Waals surface area contributed by atoms with Crippen LogP contribution in [-0.4, -0.2) is 47.1 Å². The summed E-state index contributed by atoms with van der Waals surface area (Å²) in [6.45, 7) is 2.64. The first-order chi connectivity index (χ1) is 17.0. The summed E-state index contributed by atoms with van der Waals surface area (Å²) in [5, 5.41) is 3.39. The first kappa shape index (κ1) is 23.3. The molecule has 0 bridgehead atoms. The van der Waals surface area contributed by atoms with E-state index in [0.717, 1.165) is 37.9 Å². The van der Waals surface area contributed by atoms with Gasteiger partial charge in [0.05, 0.1) is 31.3 Å². The third kappa shape index (κ3) is 4.60. The normalized spacial score (nSPS) is 17.9.